The van der Waals surface area contributed by atoms with Crippen molar-refractivity contribution in [3.05, 3.63) is 29.5 Å². The first-order valence-corrected chi connectivity index (χ1v) is 8.37. The summed E-state index contributed by atoms with van der Waals surface area (Å²) in [6.45, 7) is 5.00. The standard InChI is InChI=1S/C16H18BrN3O3/c1-10(17)12-7-11(16(21)22-2)8-13-15(12)19-14(9-18-13)20-3-5-23-6-4-20/h7-10H,3-6H2,1-2H3. The summed E-state index contributed by atoms with van der Waals surface area (Å²) < 4.78 is 10.2. The highest BCUT2D eigenvalue weighted by molar-refractivity contribution is 9.09. The monoisotopic (exact) mass is 379 g/mol. The number of ether oxygens (including phenoxy) is 2. The van der Waals surface area contributed by atoms with E-state index < -0.39 is 0 Å². The number of methoxy groups -OCH3 is 1. The average molecular weight is 380 g/mol. The van der Waals surface area contributed by atoms with Crippen LogP contribution >= 0.6 is 15.9 Å². The summed E-state index contributed by atoms with van der Waals surface area (Å²) >= 11 is 3.58. The Morgan fingerprint density at radius 1 is 1.39 bits per heavy atom. The van der Waals surface area contributed by atoms with Crippen LogP contribution in [0.2, 0.25) is 0 Å². The van der Waals surface area contributed by atoms with Crippen molar-refractivity contribution in [1.82, 2.24) is 9.97 Å². The van der Waals surface area contributed by atoms with Gasteiger partial charge in [0.25, 0.3) is 0 Å². The Labute approximate surface area is 142 Å². The lowest BCUT2D eigenvalue weighted by molar-refractivity contribution is 0.0601. The lowest BCUT2D eigenvalue weighted by Gasteiger charge is -2.27. The van der Waals surface area contributed by atoms with Gasteiger partial charge in [-0.3, -0.25) is 4.98 Å². The number of hydrogen-bond acceptors (Lipinski definition) is 6. The number of carbonyl (C=O) groups excluding carboxylic acids is 1. The molecule has 1 fully saturated rings. The van der Waals surface area contributed by atoms with Crippen LogP contribution in [0.25, 0.3) is 11.0 Å². The fourth-order valence-electron chi connectivity index (χ4n) is 2.62. The third-order valence-electron chi connectivity index (χ3n) is 3.85. The largest absolute Gasteiger partial charge is 0.465 e. The molecule has 2 aromatic rings. The van der Waals surface area contributed by atoms with Crippen molar-refractivity contribution < 1.29 is 14.3 Å². The predicted octanol–water partition coefficient (Wildman–Crippen LogP) is 2.71. The fraction of sp³-hybridized carbons (Fsp3) is 0.438. The highest BCUT2D eigenvalue weighted by atomic mass is 79.9. The SMILES string of the molecule is COC(=O)c1cc(C(C)Br)c2nc(N3CCOCC3)cnc2c1. The summed E-state index contributed by atoms with van der Waals surface area (Å²) in [6.07, 6.45) is 1.75. The zero-order chi connectivity index (χ0) is 16.4. The Morgan fingerprint density at radius 2 is 2.13 bits per heavy atom. The lowest BCUT2D eigenvalue weighted by atomic mass is 10.1. The second-order valence-electron chi connectivity index (χ2n) is 5.37. The van der Waals surface area contributed by atoms with Crippen LogP contribution in [0.4, 0.5) is 5.82 Å². The molecule has 1 aliphatic heterocycles. The molecule has 7 heteroatoms. The molecule has 1 atom stereocenters. The number of carbonyl (C=O) groups is 1. The first-order valence-electron chi connectivity index (χ1n) is 7.46. The molecule has 1 unspecified atom stereocenters. The third-order valence-corrected chi connectivity index (χ3v) is 4.34. The molecular formula is C16H18BrN3O3. The van der Waals surface area contributed by atoms with E-state index in [9.17, 15) is 4.79 Å². The highest BCUT2D eigenvalue weighted by Crippen LogP contribution is 2.30. The summed E-state index contributed by atoms with van der Waals surface area (Å²) in [5.41, 5.74) is 2.89. The Bertz CT molecular complexity index is 730. The number of morpholine rings is 1. The molecule has 0 amide bonds. The number of nitrogens with zero attached hydrogens (tertiary/aromatic N) is 3. The van der Waals surface area contributed by atoms with Gasteiger partial charge in [-0.1, -0.05) is 15.9 Å². The van der Waals surface area contributed by atoms with Crippen LogP contribution < -0.4 is 4.90 Å². The Morgan fingerprint density at radius 3 is 2.78 bits per heavy atom. The van der Waals surface area contributed by atoms with Crippen LogP contribution in [0.5, 0.6) is 0 Å². The molecule has 3 rings (SSSR count). The minimum absolute atomic E-state index is 0.0452. The molecule has 1 saturated heterocycles. The van der Waals surface area contributed by atoms with Crippen molar-refractivity contribution >= 4 is 38.8 Å². The molecule has 0 N–H and O–H groups in total. The number of hydrogen-bond donors (Lipinski definition) is 0. The maximum Gasteiger partial charge on any atom is 0.337 e. The molecule has 23 heavy (non-hydrogen) atoms. The normalized spacial score (nSPS) is 16.4. The predicted molar refractivity (Wildman–Crippen MR) is 91.3 cm³/mol. The van der Waals surface area contributed by atoms with Crippen molar-refractivity contribution in [1.29, 1.82) is 0 Å². The minimum atomic E-state index is -0.375. The van der Waals surface area contributed by atoms with Gasteiger partial charge in [0.15, 0.2) is 0 Å². The summed E-state index contributed by atoms with van der Waals surface area (Å²) in [6, 6.07) is 3.53. The summed E-state index contributed by atoms with van der Waals surface area (Å²) in [4.78, 5) is 23.3. The zero-order valence-corrected chi connectivity index (χ0v) is 14.7. The maximum atomic E-state index is 11.8. The lowest BCUT2D eigenvalue weighted by Crippen LogP contribution is -2.36. The van der Waals surface area contributed by atoms with Gasteiger partial charge in [-0.25, -0.2) is 9.78 Å². The fourth-order valence-corrected chi connectivity index (χ4v) is 2.96. The van der Waals surface area contributed by atoms with E-state index in [2.05, 4.69) is 25.8 Å². The van der Waals surface area contributed by atoms with E-state index in [1.54, 1.807) is 12.3 Å². The Kier molecular flexibility index (Phi) is 4.77. The van der Waals surface area contributed by atoms with Crippen LogP contribution in [0.1, 0.15) is 27.7 Å². The van der Waals surface area contributed by atoms with Crippen molar-refractivity contribution in [3.8, 4) is 0 Å². The molecule has 6 nitrogen and oxygen atoms in total. The van der Waals surface area contributed by atoms with Gasteiger partial charge in [-0.05, 0) is 24.6 Å². The van der Waals surface area contributed by atoms with Crippen LogP contribution in [0.15, 0.2) is 18.3 Å². The molecule has 0 aliphatic carbocycles. The molecule has 122 valence electrons. The number of esters is 1. The smallest absolute Gasteiger partial charge is 0.337 e. The average Bonchev–Trinajstić information content (AvgIpc) is 2.60. The van der Waals surface area contributed by atoms with Crippen molar-refractivity contribution in [2.45, 2.75) is 11.8 Å². The molecule has 1 aromatic heterocycles. The molecule has 0 spiro atoms. The third kappa shape index (κ3) is 3.30. The first kappa shape index (κ1) is 16.1. The van der Waals surface area contributed by atoms with E-state index >= 15 is 0 Å². The van der Waals surface area contributed by atoms with E-state index in [4.69, 9.17) is 14.5 Å². The van der Waals surface area contributed by atoms with Crippen molar-refractivity contribution in [2.24, 2.45) is 0 Å². The summed E-state index contributed by atoms with van der Waals surface area (Å²) in [7, 11) is 1.37. The molecule has 0 radical (unpaired) electrons. The Hall–Kier alpha value is -1.73. The van der Waals surface area contributed by atoms with Crippen LogP contribution in [0, 0.1) is 0 Å². The molecular weight excluding hydrogens is 362 g/mol. The number of benzene rings is 1. The van der Waals surface area contributed by atoms with Gasteiger partial charge in [0.05, 0.1) is 43.1 Å². The topological polar surface area (TPSA) is 64.5 Å². The second kappa shape index (κ2) is 6.80. The van der Waals surface area contributed by atoms with E-state index in [0.717, 1.165) is 30.0 Å². The maximum absolute atomic E-state index is 11.8. The minimum Gasteiger partial charge on any atom is -0.465 e. The van der Waals surface area contributed by atoms with E-state index in [1.165, 1.54) is 7.11 Å². The first-order chi connectivity index (χ1) is 11.1. The van der Waals surface area contributed by atoms with Gasteiger partial charge in [0.2, 0.25) is 0 Å². The van der Waals surface area contributed by atoms with Crippen molar-refractivity contribution in [2.75, 3.05) is 38.3 Å². The second-order valence-corrected chi connectivity index (χ2v) is 6.74. The summed E-state index contributed by atoms with van der Waals surface area (Å²) in [5.74, 6) is 0.460. The number of anilines is 1. The zero-order valence-electron chi connectivity index (χ0n) is 13.1. The van der Waals surface area contributed by atoms with E-state index in [0.29, 0.717) is 24.3 Å². The number of halogens is 1. The molecule has 1 aromatic carbocycles. The van der Waals surface area contributed by atoms with Crippen LogP contribution in [-0.2, 0) is 9.47 Å². The van der Waals surface area contributed by atoms with Crippen molar-refractivity contribution in [3.63, 3.8) is 0 Å². The number of aromatic nitrogens is 2. The van der Waals surface area contributed by atoms with E-state index in [-0.39, 0.29) is 10.8 Å². The van der Waals surface area contributed by atoms with Gasteiger partial charge < -0.3 is 14.4 Å². The molecule has 2 heterocycles. The van der Waals surface area contributed by atoms with E-state index in [1.807, 2.05) is 13.0 Å². The number of alkyl halides is 1. The van der Waals surface area contributed by atoms with Gasteiger partial charge in [0.1, 0.15) is 5.82 Å². The van der Waals surface area contributed by atoms with Gasteiger partial charge in [-0.2, -0.15) is 0 Å². The molecule has 0 bridgehead atoms. The number of fused-ring (bicyclic) bond motifs is 1. The highest BCUT2D eigenvalue weighted by Gasteiger charge is 2.18. The summed E-state index contributed by atoms with van der Waals surface area (Å²) in [5, 5.41) is 0. The van der Waals surface area contributed by atoms with Gasteiger partial charge in [-0.15, -0.1) is 0 Å². The Balaban J connectivity index is 2.09. The van der Waals surface area contributed by atoms with Crippen LogP contribution in [-0.4, -0.2) is 49.4 Å². The molecule has 0 saturated carbocycles. The van der Waals surface area contributed by atoms with Gasteiger partial charge in [0, 0.05) is 17.9 Å². The number of rotatable bonds is 3. The quantitative estimate of drug-likeness (QED) is 0.603. The van der Waals surface area contributed by atoms with Gasteiger partial charge >= 0.3 is 5.97 Å². The van der Waals surface area contributed by atoms with Crippen LogP contribution in [0.3, 0.4) is 0 Å². The molecule has 1 aliphatic rings.